The largest absolute Gasteiger partial charge is 0.347 e. The lowest BCUT2D eigenvalue weighted by Crippen LogP contribution is -2.28. The van der Waals surface area contributed by atoms with E-state index >= 15 is 0 Å². The van der Waals surface area contributed by atoms with Crippen LogP contribution in [0.2, 0.25) is 0 Å². The SMILES string of the molecule is C[C@@H](CNC(=O)c1nc(Cn2nc(-c3ccc(F)cc3)ccc2=O)no1)c1ccccc1. The summed E-state index contributed by atoms with van der Waals surface area (Å²) < 4.78 is 19.4. The van der Waals surface area contributed by atoms with Crippen molar-refractivity contribution >= 4 is 5.91 Å². The maximum Gasteiger partial charge on any atom is 0.316 e. The van der Waals surface area contributed by atoms with Gasteiger partial charge in [-0.05, 0) is 41.8 Å². The van der Waals surface area contributed by atoms with Gasteiger partial charge < -0.3 is 9.84 Å². The van der Waals surface area contributed by atoms with Crippen molar-refractivity contribution in [2.45, 2.75) is 19.4 Å². The number of aromatic nitrogens is 4. The third-order valence-electron chi connectivity index (χ3n) is 4.90. The molecule has 1 N–H and O–H groups in total. The number of nitrogens with one attached hydrogen (secondary N) is 1. The summed E-state index contributed by atoms with van der Waals surface area (Å²) in [6.07, 6.45) is 0. The Morgan fingerprint density at radius 1 is 1.09 bits per heavy atom. The molecule has 0 aliphatic heterocycles. The number of benzene rings is 2. The first kappa shape index (κ1) is 21.1. The predicted molar refractivity (Wildman–Crippen MR) is 114 cm³/mol. The Bertz CT molecular complexity index is 1270. The topological polar surface area (TPSA) is 103 Å². The smallest absolute Gasteiger partial charge is 0.316 e. The Morgan fingerprint density at radius 2 is 1.84 bits per heavy atom. The zero-order valence-electron chi connectivity index (χ0n) is 17.2. The molecule has 2 heterocycles. The minimum Gasteiger partial charge on any atom is -0.347 e. The summed E-state index contributed by atoms with van der Waals surface area (Å²) in [6, 6.07) is 18.5. The first-order chi connectivity index (χ1) is 15.5. The monoisotopic (exact) mass is 433 g/mol. The van der Waals surface area contributed by atoms with E-state index in [2.05, 4.69) is 20.6 Å². The number of nitrogens with zero attached hydrogens (tertiary/aromatic N) is 4. The van der Waals surface area contributed by atoms with Crippen LogP contribution in [0.3, 0.4) is 0 Å². The molecule has 0 fully saturated rings. The molecule has 9 heteroatoms. The molecule has 0 bridgehead atoms. The summed E-state index contributed by atoms with van der Waals surface area (Å²) in [5, 5.41) is 10.8. The van der Waals surface area contributed by atoms with Gasteiger partial charge in [0.05, 0.1) is 5.69 Å². The second-order valence-corrected chi connectivity index (χ2v) is 7.26. The summed E-state index contributed by atoms with van der Waals surface area (Å²) in [6.45, 7) is 2.33. The standard InChI is InChI=1S/C23H20FN5O3/c1-15(16-5-3-2-4-6-16)13-25-22(31)23-26-20(28-32-23)14-29-21(30)12-11-19(27-29)17-7-9-18(24)10-8-17/h2-12,15H,13-14H2,1H3,(H,25,31)/t15-/m0/s1. The summed E-state index contributed by atoms with van der Waals surface area (Å²) in [5.74, 6) is -0.802. The highest BCUT2D eigenvalue weighted by molar-refractivity contribution is 5.89. The number of halogens is 1. The molecule has 0 saturated heterocycles. The van der Waals surface area contributed by atoms with Gasteiger partial charge in [-0.3, -0.25) is 9.59 Å². The van der Waals surface area contributed by atoms with Crippen molar-refractivity contribution in [3.8, 4) is 11.3 Å². The second-order valence-electron chi connectivity index (χ2n) is 7.26. The number of carbonyl (C=O) groups is 1. The van der Waals surface area contributed by atoms with Crippen LogP contribution in [0.1, 0.15) is 34.9 Å². The molecule has 0 aliphatic rings. The molecule has 8 nitrogen and oxygen atoms in total. The lowest BCUT2D eigenvalue weighted by molar-refractivity contribution is 0.0907. The third kappa shape index (κ3) is 4.94. The van der Waals surface area contributed by atoms with Crippen LogP contribution in [0.5, 0.6) is 0 Å². The summed E-state index contributed by atoms with van der Waals surface area (Å²) in [5.41, 5.74) is 1.87. The van der Waals surface area contributed by atoms with Crippen LogP contribution in [-0.4, -0.2) is 32.4 Å². The van der Waals surface area contributed by atoms with Crippen LogP contribution in [0.25, 0.3) is 11.3 Å². The molecule has 0 saturated carbocycles. The van der Waals surface area contributed by atoms with Gasteiger partial charge in [-0.1, -0.05) is 42.4 Å². The third-order valence-corrected chi connectivity index (χ3v) is 4.90. The number of hydrogen-bond donors (Lipinski definition) is 1. The molecule has 1 amide bonds. The maximum atomic E-state index is 13.2. The van der Waals surface area contributed by atoms with Gasteiger partial charge in [-0.15, -0.1) is 0 Å². The lowest BCUT2D eigenvalue weighted by Gasteiger charge is -2.11. The van der Waals surface area contributed by atoms with Crippen LogP contribution in [0.15, 0.2) is 76.0 Å². The van der Waals surface area contributed by atoms with Crippen LogP contribution in [-0.2, 0) is 6.54 Å². The second kappa shape index (κ2) is 9.34. The average molecular weight is 433 g/mol. The molecule has 4 aromatic rings. The van der Waals surface area contributed by atoms with Crippen LogP contribution < -0.4 is 10.9 Å². The van der Waals surface area contributed by atoms with Gasteiger partial charge in [0.1, 0.15) is 12.4 Å². The Hall–Kier alpha value is -4.14. The highest BCUT2D eigenvalue weighted by atomic mass is 19.1. The predicted octanol–water partition coefficient (Wildman–Crippen LogP) is 3.01. The molecule has 2 aromatic heterocycles. The maximum absolute atomic E-state index is 13.2. The Balaban J connectivity index is 1.42. The lowest BCUT2D eigenvalue weighted by atomic mass is 10.0. The van der Waals surface area contributed by atoms with Crippen LogP contribution in [0, 0.1) is 5.82 Å². The van der Waals surface area contributed by atoms with E-state index < -0.39 is 5.91 Å². The van der Waals surface area contributed by atoms with Crippen LogP contribution >= 0.6 is 0 Å². The quantitative estimate of drug-likeness (QED) is 0.481. The first-order valence-corrected chi connectivity index (χ1v) is 9.99. The molecule has 2 aromatic carbocycles. The molecular weight excluding hydrogens is 413 g/mol. The Morgan fingerprint density at radius 3 is 2.59 bits per heavy atom. The Kier molecular flexibility index (Phi) is 6.16. The zero-order chi connectivity index (χ0) is 22.5. The molecule has 162 valence electrons. The molecule has 1 atom stereocenters. The van der Waals surface area contributed by atoms with Gasteiger partial charge in [0.2, 0.25) is 0 Å². The fourth-order valence-corrected chi connectivity index (χ4v) is 3.10. The van der Waals surface area contributed by atoms with E-state index in [1.807, 2.05) is 37.3 Å². The summed E-state index contributed by atoms with van der Waals surface area (Å²) in [4.78, 5) is 28.6. The number of carbonyl (C=O) groups excluding carboxylic acids is 1. The Labute approximate surface area is 182 Å². The fraction of sp³-hybridized carbons (Fsp3) is 0.174. The number of rotatable bonds is 7. The fourth-order valence-electron chi connectivity index (χ4n) is 3.10. The molecule has 0 radical (unpaired) electrons. The van der Waals surface area contributed by atoms with Crippen molar-refractivity contribution in [2.24, 2.45) is 0 Å². The highest BCUT2D eigenvalue weighted by Gasteiger charge is 2.17. The number of hydrogen-bond acceptors (Lipinski definition) is 6. The van der Waals surface area contributed by atoms with E-state index in [1.54, 1.807) is 18.2 Å². The molecule has 0 spiro atoms. The molecule has 32 heavy (non-hydrogen) atoms. The molecule has 4 rings (SSSR count). The zero-order valence-corrected chi connectivity index (χ0v) is 17.2. The van der Waals surface area contributed by atoms with Crippen molar-refractivity contribution < 1.29 is 13.7 Å². The minimum absolute atomic E-state index is 0.0783. The molecule has 0 aliphatic carbocycles. The van der Waals surface area contributed by atoms with Gasteiger partial charge in [0.15, 0.2) is 5.82 Å². The van der Waals surface area contributed by atoms with Crippen molar-refractivity contribution in [3.05, 3.63) is 100 Å². The van der Waals surface area contributed by atoms with E-state index in [-0.39, 0.29) is 35.6 Å². The van der Waals surface area contributed by atoms with E-state index in [9.17, 15) is 14.0 Å². The number of amides is 1. The minimum atomic E-state index is -0.494. The summed E-state index contributed by atoms with van der Waals surface area (Å²) in [7, 11) is 0. The van der Waals surface area contributed by atoms with Gasteiger partial charge in [-0.2, -0.15) is 10.1 Å². The van der Waals surface area contributed by atoms with Gasteiger partial charge in [0.25, 0.3) is 5.56 Å². The van der Waals surface area contributed by atoms with Crippen molar-refractivity contribution in [1.29, 1.82) is 0 Å². The van der Waals surface area contributed by atoms with Crippen molar-refractivity contribution in [2.75, 3.05) is 6.54 Å². The van der Waals surface area contributed by atoms with E-state index in [0.29, 0.717) is 17.8 Å². The molecular formula is C23H20FN5O3. The van der Waals surface area contributed by atoms with Crippen molar-refractivity contribution in [1.82, 2.24) is 25.2 Å². The van der Waals surface area contributed by atoms with Gasteiger partial charge in [-0.25, -0.2) is 9.07 Å². The highest BCUT2D eigenvalue weighted by Crippen LogP contribution is 2.16. The van der Waals surface area contributed by atoms with E-state index in [0.717, 1.165) is 10.2 Å². The first-order valence-electron chi connectivity index (χ1n) is 9.99. The molecule has 0 unspecified atom stereocenters. The van der Waals surface area contributed by atoms with Gasteiger partial charge in [0, 0.05) is 18.2 Å². The van der Waals surface area contributed by atoms with Gasteiger partial charge >= 0.3 is 11.8 Å². The van der Waals surface area contributed by atoms with Crippen LogP contribution in [0.4, 0.5) is 4.39 Å². The average Bonchev–Trinajstić information content (AvgIpc) is 3.28. The van der Waals surface area contributed by atoms with E-state index in [4.69, 9.17) is 4.52 Å². The normalized spacial score (nSPS) is 11.8. The van der Waals surface area contributed by atoms with Crippen molar-refractivity contribution in [3.63, 3.8) is 0 Å². The van der Waals surface area contributed by atoms with E-state index in [1.165, 1.54) is 18.2 Å². The summed E-state index contributed by atoms with van der Waals surface area (Å²) >= 11 is 0.